The van der Waals surface area contributed by atoms with Crippen molar-refractivity contribution in [3.05, 3.63) is 17.6 Å². The van der Waals surface area contributed by atoms with E-state index in [0.717, 1.165) is 26.9 Å². The van der Waals surface area contributed by atoms with Crippen LogP contribution in [0.3, 0.4) is 0 Å². The van der Waals surface area contributed by atoms with Gasteiger partial charge in [-0.15, -0.1) is 11.3 Å². The number of fused-ring (bicyclic) bond motifs is 3. The molecule has 114 valence electrons. The number of aromatic nitrogens is 2. The number of benzene rings is 1. The van der Waals surface area contributed by atoms with E-state index >= 15 is 0 Å². The predicted molar refractivity (Wildman–Crippen MR) is 86.6 cm³/mol. The molecule has 0 saturated carbocycles. The highest BCUT2D eigenvalue weighted by molar-refractivity contribution is 7.24. The molecule has 3 heterocycles. The quantitative estimate of drug-likeness (QED) is 0.793. The lowest BCUT2D eigenvalue weighted by Crippen LogP contribution is -2.23. The van der Waals surface area contributed by atoms with E-state index < -0.39 is 0 Å². The summed E-state index contributed by atoms with van der Waals surface area (Å²) in [5.74, 6) is -0.194. The minimum atomic E-state index is -0.194. The molecule has 1 N–H and O–H groups in total. The Morgan fingerprint density at radius 2 is 2.45 bits per heavy atom. The van der Waals surface area contributed by atoms with Gasteiger partial charge < -0.3 is 9.47 Å². The molecule has 1 unspecified atom stereocenters. The molecule has 0 aliphatic carbocycles. The zero-order valence-corrected chi connectivity index (χ0v) is 13.2. The van der Waals surface area contributed by atoms with Crippen LogP contribution in [0.25, 0.3) is 20.4 Å². The van der Waals surface area contributed by atoms with E-state index in [-0.39, 0.29) is 18.6 Å². The molecule has 0 spiro atoms. The van der Waals surface area contributed by atoms with Gasteiger partial charge in [0.2, 0.25) is 0 Å². The molecule has 2 aromatic heterocycles. The molecule has 8 heteroatoms. The van der Waals surface area contributed by atoms with Gasteiger partial charge in [0, 0.05) is 6.61 Å². The van der Waals surface area contributed by atoms with E-state index in [9.17, 15) is 4.79 Å². The molecule has 1 aliphatic rings. The van der Waals surface area contributed by atoms with Gasteiger partial charge in [0.1, 0.15) is 12.1 Å². The van der Waals surface area contributed by atoms with Crippen LogP contribution in [0.5, 0.6) is 0 Å². The van der Waals surface area contributed by atoms with Crippen LogP contribution < -0.4 is 5.32 Å². The second kappa shape index (κ2) is 5.88. The first-order valence-electron chi connectivity index (χ1n) is 6.91. The van der Waals surface area contributed by atoms with Crippen LogP contribution in [-0.2, 0) is 14.3 Å². The molecule has 1 saturated heterocycles. The maximum absolute atomic E-state index is 11.9. The first-order valence-corrected chi connectivity index (χ1v) is 8.61. The van der Waals surface area contributed by atoms with Crippen molar-refractivity contribution in [2.75, 3.05) is 25.1 Å². The molecule has 0 radical (unpaired) electrons. The number of rotatable bonds is 4. The average molecular weight is 335 g/mol. The molecule has 1 aliphatic heterocycles. The van der Waals surface area contributed by atoms with Gasteiger partial charge in [-0.2, -0.15) is 0 Å². The zero-order valence-electron chi connectivity index (χ0n) is 11.6. The Kier molecular flexibility index (Phi) is 3.75. The summed E-state index contributed by atoms with van der Waals surface area (Å²) in [5.41, 5.74) is 3.61. The van der Waals surface area contributed by atoms with Crippen LogP contribution in [-0.4, -0.2) is 41.8 Å². The number of carbonyl (C=O) groups is 1. The highest BCUT2D eigenvalue weighted by Crippen LogP contribution is 2.33. The summed E-state index contributed by atoms with van der Waals surface area (Å²) >= 11 is 3.03. The molecular formula is C14H13N3O3S2. The van der Waals surface area contributed by atoms with E-state index in [1.54, 1.807) is 11.3 Å². The van der Waals surface area contributed by atoms with E-state index in [1.807, 2.05) is 17.6 Å². The van der Waals surface area contributed by atoms with Gasteiger partial charge in [-0.1, -0.05) is 11.3 Å². The topological polar surface area (TPSA) is 73.3 Å². The maximum Gasteiger partial charge on any atom is 0.252 e. The maximum atomic E-state index is 11.9. The van der Waals surface area contributed by atoms with Crippen molar-refractivity contribution >= 4 is 54.1 Å². The SMILES string of the molecule is O=C(COC1CCOC1)Nc1nc2ccc3scnc3c2s1. The summed E-state index contributed by atoms with van der Waals surface area (Å²) in [6.07, 6.45) is 0.867. The van der Waals surface area contributed by atoms with Crippen molar-refractivity contribution in [2.24, 2.45) is 0 Å². The number of thiazole rings is 2. The number of nitrogens with zero attached hydrogens (tertiary/aromatic N) is 2. The summed E-state index contributed by atoms with van der Waals surface area (Å²) in [4.78, 5) is 20.7. The fraction of sp³-hybridized carbons (Fsp3) is 0.357. The molecule has 6 nitrogen and oxygen atoms in total. The summed E-state index contributed by atoms with van der Waals surface area (Å²) < 4.78 is 12.8. The Bertz CT molecular complexity index is 823. The number of ether oxygens (including phenoxy) is 2. The molecule has 0 bridgehead atoms. The minimum absolute atomic E-state index is 0.0238. The van der Waals surface area contributed by atoms with Crippen molar-refractivity contribution in [1.29, 1.82) is 0 Å². The van der Waals surface area contributed by atoms with Gasteiger partial charge in [-0.05, 0) is 18.6 Å². The summed E-state index contributed by atoms with van der Waals surface area (Å²) in [7, 11) is 0. The van der Waals surface area contributed by atoms with Gasteiger partial charge >= 0.3 is 0 Å². The third-order valence-electron chi connectivity index (χ3n) is 3.44. The van der Waals surface area contributed by atoms with Gasteiger partial charge in [0.05, 0.1) is 33.1 Å². The van der Waals surface area contributed by atoms with Crippen molar-refractivity contribution in [3.8, 4) is 0 Å². The molecule has 1 amide bonds. The first kappa shape index (κ1) is 14.0. The second-order valence-corrected chi connectivity index (χ2v) is 6.86. The summed E-state index contributed by atoms with van der Waals surface area (Å²) in [6, 6.07) is 3.96. The van der Waals surface area contributed by atoms with E-state index in [1.165, 1.54) is 11.3 Å². The summed E-state index contributed by atoms with van der Waals surface area (Å²) in [5, 5.41) is 3.37. The fourth-order valence-corrected chi connectivity index (χ4v) is 4.09. The average Bonchev–Trinajstić information content (AvgIpc) is 3.23. The highest BCUT2D eigenvalue weighted by atomic mass is 32.1. The highest BCUT2D eigenvalue weighted by Gasteiger charge is 2.18. The minimum Gasteiger partial charge on any atom is -0.379 e. The van der Waals surface area contributed by atoms with E-state index in [2.05, 4.69) is 15.3 Å². The van der Waals surface area contributed by atoms with Crippen molar-refractivity contribution in [2.45, 2.75) is 12.5 Å². The van der Waals surface area contributed by atoms with E-state index in [0.29, 0.717) is 18.3 Å². The number of amides is 1. The van der Waals surface area contributed by atoms with Crippen molar-refractivity contribution in [3.63, 3.8) is 0 Å². The Morgan fingerprint density at radius 1 is 1.50 bits per heavy atom. The number of carbonyl (C=O) groups excluding carboxylic acids is 1. The third-order valence-corrected chi connectivity index (χ3v) is 5.23. The van der Waals surface area contributed by atoms with Crippen LogP contribution in [0.4, 0.5) is 5.13 Å². The van der Waals surface area contributed by atoms with Gasteiger partial charge in [-0.3, -0.25) is 10.1 Å². The molecule has 1 aromatic carbocycles. The molecular weight excluding hydrogens is 322 g/mol. The standard InChI is InChI=1S/C14H13N3O3S2/c18-11(6-20-8-3-4-19-5-8)17-14-16-9-1-2-10-12(13(9)22-14)15-7-21-10/h1-2,7-8H,3-6H2,(H,16,17,18). The lowest BCUT2D eigenvalue weighted by atomic mass is 10.3. The van der Waals surface area contributed by atoms with E-state index in [4.69, 9.17) is 9.47 Å². The normalized spacial score (nSPS) is 18.3. The summed E-state index contributed by atoms with van der Waals surface area (Å²) in [6.45, 7) is 1.29. The lowest BCUT2D eigenvalue weighted by Gasteiger charge is -2.08. The van der Waals surface area contributed by atoms with Gasteiger partial charge in [0.25, 0.3) is 5.91 Å². The Balaban J connectivity index is 1.47. The number of anilines is 1. The first-order chi connectivity index (χ1) is 10.8. The van der Waals surface area contributed by atoms with Crippen LogP contribution in [0.15, 0.2) is 17.6 Å². The zero-order chi connectivity index (χ0) is 14.9. The van der Waals surface area contributed by atoms with Gasteiger partial charge in [-0.25, -0.2) is 9.97 Å². The predicted octanol–water partition coefficient (Wildman–Crippen LogP) is 2.65. The second-order valence-electron chi connectivity index (χ2n) is 4.98. The number of nitrogens with one attached hydrogen (secondary N) is 1. The lowest BCUT2D eigenvalue weighted by molar-refractivity contribution is -0.122. The molecule has 1 fully saturated rings. The Labute approximate surface area is 134 Å². The largest absolute Gasteiger partial charge is 0.379 e. The van der Waals surface area contributed by atoms with Crippen molar-refractivity contribution < 1.29 is 14.3 Å². The molecule has 4 rings (SSSR count). The third kappa shape index (κ3) is 2.70. The van der Waals surface area contributed by atoms with Crippen LogP contribution in [0.1, 0.15) is 6.42 Å². The van der Waals surface area contributed by atoms with Crippen molar-refractivity contribution in [1.82, 2.24) is 9.97 Å². The van der Waals surface area contributed by atoms with Gasteiger partial charge in [0.15, 0.2) is 5.13 Å². The monoisotopic (exact) mass is 335 g/mol. The van der Waals surface area contributed by atoms with Crippen LogP contribution in [0, 0.1) is 0 Å². The van der Waals surface area contributed by atoms with Crippen LogP contribution in [0.2, 0.25) is 0 Å². The Morgan fingerprint density at radius 3 is 3.32 bits per heavy atom. The van der Waals surface area contributed by atoms with Crippen LogP contribution >= 0.6 is 22.7 Å². The molecule has 3 aromatic rings. The molecule has 1 atom stereocenters. The molecule has 22 heavy (non-hydrogen) atoms. The smallest absolute Gasteiger partial charge is 0.252 e. The fourth-order valence-electron chi connectivity index (χ4n) is 2.36. The number of hydrogen-bond donors (Lipinski definition) is 1. The Hall–Kier alpha value is -1.61. The number of hydrogen-bond acceptors (Lipinski definition) is 7.